The summed E-state index contributed by atoms with van der Waals surface area (Å²) in [6.45, 7) is 6.78. The summed E-state index contributed by atoms with van der Waals surface area (Å²) in [5, 5.41) is 8.40. The fraction of sp³-hybridized carbons (Fsp3) is 0.875. The average Bonchev–Trinajstić information content (AvgIpc) is 1.97. The zero-order chi connectivity index (χ0) is 8.69. The van der Waals surface area contributed by atoms with E-state index in [0.29, 0.717) is 6.54 Å². The van der Waals surface area contributed by atoms with Gasteiger partial charge in [0.2, 0.25) is 0 Å². The summed E-state index contributed by atoms with van der Waals surface area (Å²) >= 11 is 0. The predicted molar refractivity (Wildman–Crippen MR) is 44.7 cm³/mol. The number of carbonyl (C=O) groups is 1. The van der Waals surface area contributed by atoms with E-state index in [9.17, 15) is 4.79 Å². The molecular formula is C8H17NO2. The first-order valence-electron chi connectivity index (χ1n) is 4.14. The van der Waals surface area contributed by atoms with Crippen molar-refractivity contribution in [1.29, 1.82) is 0 Å². The lowest BCUT2D eigenvalue weighted by molar-refractivity contribution is -0.137. The summed E-state index contributed by atoms with van der Waals surface area (Å²) in [4.78, 5) is 12.3. The topological polar surface area (TPSA) is 40.5 Å². The first-order chi connectivity index (χ1) is 5.20. The summed E-state index contributed by atoms with van der Waals surface area (Å²) in [5.41, 5.74) is 0. The fourth-order valence-corrected chi connectivity index (χ4v) is 0.998. The molecule has 0 rings (SSSR count). The minimum Gasteiger partial charge on any atom is -0.481 e. The van der Waals surface area contributed by atoms with Gasteiger partial charge in [0, 0.05) is 6.54 Å². The number of hydrogen-bond acceptors (Lipinski definition) is 2. The Balaban J connectivity index is 3.43. The molecule has 3 nitrogen and oxygen atoms in total. The van der Waals surface area contributed by atoms with E-state index in [1.807, 2.05) is 0 Å². The third kappa shape index (κ3) is 5.85. The van der Waals surface area contributed by atoms with Crippen molar-refractivity contribution >= 4 is 5.97 Å². The normalized spacial score (nSPS) is 10.5. The van der Waals surface area contributed by atoms with Crippen LogP contribution in [-0.2, 0) is 4.79 Å². The number of carboxylic acid groups (broad SMARTS) is 1. The summed E-state index contributed by atoms with van der Waals surface area (Å²) in [6.07, 6.45) is 1.35. The Morgan fingerprint density at radius 1 is 1.36 bits per heavy atom. The van der Waals surface area contributed by atoms with Crippen LogP contribution in [0.1, 0.15) is 26.7 Å². The Morgan fingerprint density at radius 3 is 2.36 bits per heavy atom. The van der Waals surface area contributed by atoms with Gasteiger partial charge in [0.1, 0.15) is 0 Å². The third-order valence-electron chi connectivity index (χ3n) is 1.63. The Bertz CT molecular complexity index is 115. The van der Waals surface area contributed by atoms with Gasteiger partial charge < -0.3 is 10.0 Å². The smallest absolute Gasteiger partial charge is 0.304 e. The number of rotatable bonds is 6. The summed E-state index contributed by atoms with van der Waals surface area (Å²) in [6, 6.07) is 0. The van der Waals surface area contributed by atoms with Gasteiger partial charge in [0.25, 0.3) is 0 Å². The highest BCUT2D eigenvalue weighted by molar-refractivity contribution is 5.66. The van der Waals surface area contributed by atoms with Gasteiger partial charge in [0.15, 0.2) is 0 Å². The molecule has 0 heterocycles. The van der Waals surface area contributed by atoms with Gasteiger partial charge in [-0.1, -0.05) is 13.8 Å². The van der Waals surface area contributed by atoms with Crippen LogP contribution in [0.4, 0.5) is 0 Å². The maximum Gasteiger partial charge on any atom is 0.304 e. The van der Waals surface area contributed by atoms with Gasteiger partial charge in [0.05, 0.1) is 6.42 Å². The van der Waals surface area contributed by atoms with Gasteiger partial charge in [-0.05, 0) is 19.5 Å². The van der Waals surface area contributed by atoms with Gasteiger partial charge in [-0.3, -0.25) is 4.79 Å². The Hall–Kier alpha value is -0.570. The molecule has 0 aromatic rings. The van der Waals surface area contributed by atoms with Crippen LogP contribution in [0.5, 0.6) is 0 Å². The molecule has 66 valence electrons. The molecule has 1 N–H and O–H groups in total. The molecule has 0 fully saturated rings. The van der Waals surface area contributed by atoms with Crippen molar-refractivity contribution in [1.82, 2.24) is 4.90 Å². The van der Waals surface area contributed by atoms with Crippen LogP contribution >= 0.6 is 0 Å². The molecule has 11 heavy (non-hydrogen) atoms. The molecule has 0 saturated heterocycles. The lowest BCUT2D eigenvalue weighted by atomic mass is 10.3. The van der Waals surface area contributed by atoms with E-state index in [1.54, 1.807) is 0 Å². The standard InChI is InChI=1S/C8H17NO2/c1-3-6-9(4-2)7-5-8(10)11/h3-7H2,1-2H3,(H,10,11). The molecule has 0 aromatic heterocycles. The molecule has 0 aliphatic carbocycles. The Labute approximate surface area is 68.0 Å². The number of nitrogens with zero attached hydrogens (tertiary/aromatic N) is 1. The van der Waals surface area contributed by atoms with E-state index in [0.717, 1.165) is 19.5 Å². The number of aliphatic carboxylic acids is 1. The lowest BCUT2D eigenvalue weighted by Crippen LogP contribution is -2.26. The zero-order valence-corrected chi connectivity index (χ0v) is 7.34. The van der Waals surface area contributed by atoms with E-state index in [-0.39, 0.29) is 6.42 Å². The van der Waals surface area contributed by atoms with Crippen molar-refractivity contribution < 1.29 is 9.90 Å². The lowest BCUT2D eigenvalue weighted by Gasteiger charge is -2.17. The molecule has 0 atom stereocenters. The number of carboxylic acids is 1. The van der Waals surface area contributed by atoms with Gasteiger partial charge in [-0.25, -0.2) is 0 Å². The molecular weight excluding hydrogens is 142 g/mol. The minimum atomic E-state index is -0.709. The molecule has 0 aliphatic heterocycles. The molecule has 0 bridgehead atoms. The van der Waals surface area contributed by atoms with Crippen LogP contribution in [0.25, 0.3) is 0 Å². The third-order valence-corrected chi connectivity index (χ3v) is 1.63. The van der Waals surface area contributed by atoms with Crippen molar-refractivity contribution in [2.24, 2.45) is 0 Å². The first kappa shape index (κ1) is 10.4. The van der Waals surface area contributed by atoms with Crippen LogP contribution in [0, 0.1) is 0 Å². The summed E-state index contributed by atoms with van der Waals surface area (Å²) < 4.78 is 0. The van der Waals surface area contributed by atoms with Gasteiger partial charge in [-0.15, -0.1) is 0 Å². The highest BCUT2D eigenvalue weighted by atomic mass is 16.4. The van der Waals surface area contributed by atoms with Crippen LogP contribution < -0.4 is 0 Å². The second-order valence-electron chi connectivity index (χ2n) is 2.58. The molecule has 0 spiro atoms. The second kappa shape index (κ2) is 6.16. The van der Waals surface area contributed by atoms with Crippen molar-refractivity contribution in [3.8, 4) is 0 Å². The van der Waals surface area contributed by atoms with Crippen molar-refractivity contribution in [2.45, 2.75) is 26.7 Å². The van der Waals surface area contributed by atoms with E-state index < -0.39 is 5.97 Å². The van der Waals surface area contributed by atoms with E-state index in [2.05, 4.69) is 18.7 Å². The predicted octanol–water partition coefficient (Wildman–Crippen LogP) is 1.19. The zero-order valence-electron chi connectivity index (χ0n) is 7.34. The largest absolute Gasteiger partial charge is 0.481 e. The maximum absolute atomic E-state index is 10.2. The quantitative estimate of drug-likeness (QED) is 0.633. The van der Waals surface area contributed by atoms with Gasteiger partial charge >= 0.3 is 5.97 Å². The maximum atomic E-state index is 10.2. The summed E-state index contributed by atoms with van der Waals surface area (Å²) in [5.74, 6) is -0.709. The van der Waals surface area contributed by atoms with Crippen LogP contribution in [0.15, 0.2) is 0 Å². The molecule has 3 heteroatoms. The van der Waals surface area contributed by atoms with E-state index >= 15 is 0 Å². The highest BCUT2D eigenvalue weighted by Gasteiger charge is 2.02. The van der Waals surface area contributed by atoms with Crippen LogP contribution in [-0.4, -0.2) is 35.6 Å². The minimum absolute atomic E-state index is 0.258. The van der Waals surface area contributed by atoms with Crippen molar-refractivity contribution in [3.63, 3.8) is 0 Å². The molecule has 0 amide bonds. The first-order valence-corrected chi connectivity index (χ1v) is 4.14. The highest BCUT2D eigenvalue weighted by Crippen LogP contribution is 1.92. The molecule has 0 saturated carbocycles. The van der Waals surface area contributed by atoms with Crippen molar-refractivity contribution in [2.75, 3.05) is 19.6 Å². The second-order valence-corrected chi connectivity index (χ2v) is 2.58. The fourth-order valence-electron chi connectivity index (χ4n) is 0.998. The SMILES string of the molecule is CCCN(CC)CCC(=O)O. The number of hydrogen-bond donors (Lipinski definition) is 1. The van der Waals surface area contributed by atoms with Crippen molar-refractivity contribution in [3.05, 3.63) is 0 Å². The van der Waals surface area contributed by atoms with Gasteiger partial charge in [-0.2, -0.15) is 0 Å². The van der Waals surface area contributed by atoms with Crippen LogP contribution in [0.3, 0.4) is 0 Å². The summed E-state index contributed by atoms with van der Waals surface area (Å²) in [7, 11) is 0. The van der Waals surface area contributed by atoms with E-state index in [4.69, 9.17) is 5.11 Å². The van der Waals surface area contributed by atoms with E-state index in [1.165, 1.54) is 0 Å². The van der Waals surface area contributed by atoms with Crippen LogP contribution in [0.2, 0.25) is 0 Å². The molecule has 0 radical (unpaired) electrons. The average molecular weight is 159 g/mol. The molecule has 0 unspecified atom stereocenters. The molecule has 0 aromatic carbocycles. The molecule has 0 aliphatic rings. The monoisotopic (exact) mass is 159 g/mol. The Kier molecular flexibility index (Phi) is 5.84. The Morgan fingerprint density at radius 2 is 2.00 bits per heavy atom.